The lowest BCUT2D eigenvalue weighted by molar-refractivity contribution is 0.531. The molecule has 0 amide bonds. The zero-order valence-corrected chi connectivity index (χ0v) is 13.9. The first kappa shape index (κ1) is 15.4. The Morgan fingerprint density at radius 1 is 1.41 bits per heavy atom. The Bertz CT molecular complexity index is 561. The van der Waals surface area contributed by atoms with Crippen LogP contribution in [0, 0.1) is 0 Å². The molecule has 7 heteroatoms. The molecule has 0 saturated carbocycles. The second-order valence-electron chi connectivity index (χ2n) is 5.85. The quantitative estimate of drug-likeness (QED) is 0.706. The van der Waals surface area contributed by atoms with Gasteiger partial charge in [0.15, 0.2) is 0 Å². The van der Waals surface area contributed by atoms with Crippen molar-refractivity contribution in [2.75, 3.05) is 36.8 Å². The lowest BCUT2D eigenvalue weighted by Crippen LogP contribution is -2.58. The summed E-state index contributed by atoms with van der Waals surface area (Å²) in [5.74, 6) is 1.37. The number of thiocarbonyl (C=S) groups is 1. The molecule has 4 N–H and O–H groups in total. The molecular weight excluding hydrogens is 296 g/mol. The standard InChI is InChI=1S/C15H24N6S/c1-2-18-14(22)12-9-17-7-8-21(12)15-19-11-6-4-3-5-10(11)13(16)20-15/h12,17H,2-9H2,1H3,(H,18,22)(H2,16,19,20). The first-order valence-electron chi connectivity index (χ1n) is 8.11. The van der Waals surface area contributed by atoms with Crippen molar-refractivity contribution in [2.24, 2.45) is 0 Å². The van der Waals surface area contributed by atoms with E-state index in [0.29, 0.717) is 5.82 Å². The van der Waals surface area contributed by atoms with E-state index in [0.717, 1.165) is 61.2 Å². The van der Waals surface area contributed by atoms with Gasteiger partial charge in [-0.2, -0.15) is 4.98 Å². The summed E-state index contributed by atoms with van der Waals surface area (Å²) in [5, 5.41) is 6.65. The molecule has 1 aliphatic carbocycles. The van der Waals surface area contributed by atoms with E-state index in [1.165, 1.54) is 12.8 Å². The largest absolute Gasteiger partial charge is 0.383 e. The van der Waals surface area contributed by atoms with Gasteiger partial charge >= 0.3 is 0 Å². The molecule has 1 atom stereocenters. The molecule has 1 fully saturated rings. The highest BCUT2D eigenvalue weighted by Crippen LogP contribution is 2.26. The molecule has 0 bridgehead atoms. The summed E-state index contributed by atoms with van der Waals surface area (Å²) in [6.45, 7) is 5.45. The Morgan fingerprint density at radius 3 is 3.05 bits per heavy atom. The molecular formula is C15H24N6S. The van der Waals surface area contributed by atoms with Crippen LogP contribution < -0.4 is 21.3 Å². The Labute approximate surface area is 136 Å². The highest BCUT2D eigenvalue weighted by atomic mass is 32.1. The molecule has 2 heterocycles. The lowest BCUT2D eigenvalue weighted by atomic mass is 9.96. The van der Waals surface area contributed by atoms with Crippen molar-refractivity contribution in [3.8, 4) is 0 Å². The minimum atomic E-state index is 0.0877. The average Bonchev–Trinajstić information content (AvgIpc) is 2.55. The average molecular weight is 320 g/mol. The van der Waals surface area contributed by atoms with E-state index in [1.54, 1.807) is 0 Å². The van der Waals surface area contributed by atoms with Crippen molar-refractivity contribution in [3.63, 3.8) is 0 Å². The van der Waals surface area contributed by atoms with Crippen LogP contribution in [-0.2, 0) is 12.8 Å². The van der Waals surface area contributed by atoms with Gasteiger partial charge in [0.05, 0.1) is 16.7 Å². The van der Waals surface area contributed by atoms with Crippen LogP contribution in [0.1, 0.15) is 31.0 Å². The minimum absolute atomic E-state index is 0.0877. The first-order chi connectivity index (χ1) is 10.7. The second kappa shape index (κ2) is 6.75. The highest BCUT2D eigenvalue weighted by molar-refractivity contribution is 7.80. The maximum absolute atomic E-state index is 6.19. The first-order valence-corrected chi connectivity index (χ1v) is 8.52. The maximum atomic E-state index is 6.19. The SMILES string of the molecule is CCNC(=S)C1CNCCN1c1nc(N)c2c(n1)CCCC2. The van der Waals surface area contributed by atoms with Crippen molar-refractivity contribution in [1.82, 2.24) is 20.6 Å². The number of aromatic nitrogens is 2. The van der Waals surface area contributed by atoms with E-state index in [1.807, 2.05) is 0 Å². The van der Waals surface area contributed by atoms with Crippen LogP contribution in [-0.4, -0.2) is 47.2 Å². The molecule has 2 aliphatic rings. The Morgan fingerprint density at radius 2 is 2.23 bits per heavy atom. The van der Waals surface area contributed by atoms with Gasteiger partial charge in [0.25, 0.3) is 0 Å². The third kappa shape index (κ3) is 3.01. The van der Waals surface area contributed by atoms with Crippen molar-refractivity contribution in [3.05, 3.63) is 11.3 Å². The van der Waals surface area contributed by atoms with E-state index in [9.17, 15) is 0 Å². The monoisotopic (exact) mass is 320 g/mol. The number of rotatable bonds is 3. The fourth-order valence-corrected chi connectivity index (χ4v) is 3.56. The second-order valence-corrected chi connectivity index (χ2v) is 6.29. The van der Waals surface area contributed by atoms with Gasteiger partial charge in [-0.1, -0.05) is 12.2 Å². The molecule has 1 unspecified atom stereocenters. The molecule has 1 aromatic heterocycles. The number of nitrogens with two attached hydrogens (primary N) is 1. The summed E-state index contributed by atoms with van der Waals surface area (Å²) in [6, 6.07) is 0.0877. The number of nitrogen functional groups attached to an aromatic ring is 1. The number of nitrogens with one attached hydrogen (secondary N) is 2. The fraction of sp³-hybridized carbons (Fsp3) is 0.667. The third-order valence-corrected chi connectivity index (χ3v) is 4.77. The molecule has 0 radical (unpaired) electrons. The number of nitrogens with zero attached hydrogens (tertiary/aromatic N) is 3. The van der Waals surface area contributed by atoms with E-state index < -0.39 is 0 Å². The number of hydrogen-bond donors (Lipinski definition) is 3. The van der Waals surface area contributed by atoms with Crippen LogP contribution in [0.5, 0.6) is 0 Å². The van der Waals surface area contributed by atoms with E-state index in [2.05, 4.69) is 27.4 Å². The van der Waals surface area contributed by atoms with Crippen LogP contribution in [0.3, 0.4) is 0 Å². The van der Waals surface area contributed by atoms with Gasteiger partial charge in [-0.25, -0.2) is 4.98 Å². The van der Waals surface area contributed by atoms with Crippen molar-refractivity contribution < 1.29 is 0 Å². The van der Waals surface area contributed by atoms with Crippen molar-refractivity contribution in [2.45, 2.75) is 38.6 Å². The third-order valence-electron chi connectivity index (χ3n) is 4.36. The van der Waals surface area contributed by atoms with E-state index in [-0.39, 0.29) is 6.04 Å². The number of likely N-dealkylation sites (N-methyl/N-ethyl adjacent to an activating group) is 1. The van der Waals surface area contributed by atoms with Crippen LogP contribution in [0.4, 0.5) is 11.8 Å². The Kier molecular flexibility index (Phi) is 4.73. The summed E-state index contributed by atoms with van der Waals surface area (Å²) in [4.78, 5) is 12.4. The number of fused-ring (bicyclic) bond motifs is 1. The predicted molar refractivity (Wildman–Crippen MR) is 93.4 cm³/mol. The lowest BCUT2D eigenvalue weighted by Gasteiger charge is -2.37. The zero-order chi connectivity index (χ0) is 15.5. The Hall–Kier alpha value is -1.47. The number of hydrogen-bond acceptors (Lipinski definition) is 6. The predicted octanol–water partition coefficient (Wildman–Crippen LogP) is 0.653. The molecule has 0 aromatic carbocycles. The van der Waals surface area contributed by atoms with Crippen molar-refractivity contribution >= 4 is 29.0 Å². The molecule has 120 valence electrons. The van der Waals surface area contributed by atoms with Crippen LogP contribution >= 0.6 is 12.2 Å². The number of piperazine rings is 1. The number of aryl methyl sites for hydroxylation is 1. The molecule has 1 aliphatic heterocycles. The summed E-state index contributed by atoms with van der Waals surface area (Å²) in [7, 11) is 0. The Balaban J connectivity index is 1.90. The van der Waals surface area contributed by atoms with Crippen LogP contribution in [0.2, 0.25) is 0 Å². The maximum Gasteiger partial charge on any atom is 0.228 e. The summed E-state index contributed by atoms with van der Waals surface area (Å²) < 4.78 is 0. The normalized spacial score (nSPS) is 21.3. The number of anilines is 2. The molecule has 0 spiro atoms. The minimum Gasteiger partial charge on any atom is -0.383 e. The molecule has 22 heavy (non-hydrogen) atoms. The van der Waals surface area contributed by atoms with Crippen LogP contribution in [0.15, 0.2) is 0 Å². The molecule has 1 aromatic rings. The van der Waals surface area contributed by atoms with Gasteiger partial charge in [-0.15, -0.1) is 0 Å². The zero-order valence-electron chi connectivity index (χ0n) is 13.1. The summed E-state index contributed by atoms with van der Waals surface area (Å²) in [5.41, 5.74) is 8.46. The van der Waals surface area contributed by atoms with Gasteiger partial charge in [0.2, 0.25) is 5.95 Å². The van der Waals surface area contributed by atoms with Gasteiger partial charge in [-0.05, 0) is 32.6 Å². The van der Waals surface area contributed by atoms with Gasteiger partial charge in [0.1, 0.15) is 5.82 Å². The van der Waals surface area contributed by atoms with E-state index >= 15 is 0 Å². The van der Waals surface area contributed by atoms with Gasteiger partial charge in [0, 0.05) is 31.7 Å². The van der Waals surface area contributed by atoms with E-state index in [4.69, 9.17) is 22.9 Å². The summed E-state index contributed by atoms with van der Waals surface area (Å²) >= 11 is 5.52. The van der Waals surface area contributed by atoms with Gasteiger partial charge in [-0.3, -0.25) is 0 Å². The topological polar surface area (TPSA) is 79.1 Å². The molecule has 3 rings (SSSR count). The van der Waals surface area contributed by atoms with Crippen LogP contribution in [0.25, 0.3) is 0 Å². The van der Waals surface area contributed by atoms with Gasteiger partial charge < -0.3 is 21.3 Å². The molecule has 1 saturated heterocycles. The highest BCUT2D eigenvalue weighted by Gasteiger charge is 2.29. The molecule has 6 nitrogen and oxygen atoms in total. The fourth-order valence-electron chi connectivity index (χ4n) is 3.21. The summed E-state index contributed by atoms with van der Waals surface area (Å²) in [6.07, 6.45) is 4.37. The van der Waals surface area contributed by atoms with Crippen molar-refractivity contribution in [1.29, 1.82) is 0 Å². The smallest absolute Gasteiger partial charge is 0.228 e.